The quantitative estimate of drug-likeness (QED) is 0.724. The Balaban J connectivity index is 1.37. The molecule has 0 bridgehead atoms. The summed E-state index contributed by atoms with van der Waals surface area (Å²) in [5.41, 5.74) is 3.33. The Labute approximate surface area is 141 Å². The first-order valence-corrected chi connectivity index (χ1v) is 8.47. The number of ether oxygens (including phenoxy) is 1. The number of aryl methyl sites for hydroxylation is 1. The predicted molar refractivity (Wildman–Crippen MR) is 94.1 cm³/mol. The molecule has 5 heteroatoms. The largest absolute Gasteiger partial charge is 0.376 e. The molecule has 4 rings (SSSR count). The van der Waals surface area contributed by atoms with Crippen LogP contribution in [-0.4, -0.2) is 34.3 Å². The monoisotopic (exact) mass is 322 g/mol. The van der Waals surface area contributed by atoms with E-state index in [9.17, 15) is 0 Å². The molecule has 24 heavy (non-hydrogen) atoms. The highest BCUT2D eigenvalue weighted by molar-refractivity contribution is 5.69. The lowest BCUT2D eigenvalue weighted by Crippen LogP contribution is -2.22. The molecular weight excluding hydrogens is 300 g/mol. The first kappa shape index (κ1) is 15.1. The second-order valence-electron chi connectivity index (χ2n) is 6.47. The molecule has 0 radical (unpaired) electrons. The van der Waals surface area contributed by atoms with Crippen molar-refractivity contribution in [2.75, 3.05) is 24.6 Å². The van der Waals surface area contributed by atoms with E-state index in [4.69, 9.17) is 4.74 Å². The van der Waals surface area contributed by atoms with Gasteiger partial charge >= 0.3 is 0 Å². The Hall–Kier alpha value is -2.40. The van der Waals surface area contributed by atoms with Crippen molar-refractivity contribution in [3.63, 3.8) is 0 Å². The van der Waals surface area contributed by atoms with Crippen molar-refractivity contribution in [2.45, 2.75) is 20.0 Å². The van der Waals surface area contributed by atoms with Gasteiger partial charge in [0.25, 0.3) is 0 Å². The van der Waals surface area contributed by atoms with Crippen molar-refractivity contribution >= 4 is 11.3 Å². The van der Waals surface area contributed by atoms with Crippen LogP contribution in [0.5, 0.6) is 0 Å². The maximum atomic E-state index is 5.91. The number of fused-ring (bicyclic) bond motifs is 1. The summed E-state index contributed by atoms with van der Waals surface area (Å²) in [7, 11) is 0. The van der Waals surface area contributed by atoms with E-state index in [1.165, 1.54) is 5.56 Å². The molecule has 1 atom stereocenters. The molecule has 0 spiro atoms. The number of hydrogen-bond acceptors (Lipinski definition) is 4. The second-order valence-corrected chi connectivity index (χ2v) is 6.47. The molecule has 1 aliphatic rings. The summed E-state index contributed by atoms with van der Waals surface area (Å²) in [5.74, 6) is 1.59. The Morgan fingerprint density at radius 2 is 2.12 bits per heavy atom. The summed E-state index contributed by atoms with van der Waals surface area (Å²) in [6.45, 7) is 5.52. The SMILES string of the molecule is Cc1cc2c(N3CC[C@@H](COCc4ccccc4)C3)nccn2n1. The lowest BCUT2D eigenvalue weighted by atomic mass is 10.1. The zero-order valence-corrected chi connectivity index (χ0v) is 13.9. The zero-order valence-electron chi connectivity index (χ0n) is 13.9. The van der Waals surface area contributed by atoms with Crippen LogP contribution in [0.15, 0.2) is 48.8 Å². The first-order chi connectivity index (χ1) is 11.8. The minimum absolute atomic E-state index is 0.555. The van der Waals surface area contributed by atoms with Crippen molar-refractivity contribution in [1.29, 1.82) is 0 Å². The molecule has 0 N–H and O–H groups in total. The molecular formula is C19H22N4O. The molecule has 1 aliphatic heterocycles. The molecule has 124 valence electrons. The van der Waals surface area contributed by atoms with E-state index >= 15 is 0 Å². The van der Waals surface area contributed by atoms with Gasteiger partial charge in [-0.3, -0.25) is 0 Å². The van der Waals surface area contributed by atoms with Gasteiger partial charge in [-0.15, -0.1) is 0 Å². The topological polar surface area (TPSA) is 42.7 Å². The molecule has 3 heterocycles. The third-order valence-corrected chi connectivity index (χ3v) is 4.54. The fraction of sp³-hybridized carbons (Fsp3) is 0.368. The number of anilines is 1. The number of hydrogen-bond donors (Lipinski definition) is 0. The van der Waals surface area contributed by atoms with Crippen LogP contribution in [0.2, 0.25) is 0 Å². The van der Waals surface area contributed by atoms with E-state index in [1.807, 2.05) is 29.9 Å². The number of rotatable bonds is 5. The molecule has 0 unspecified atom stereocenters. The number of aromatic nitrogens is 3. The maximum absolute atomic E-state index is 5.91. The van der Waals surface area contributed by atoms with Crippen molar-refractivity contribution < 1.29 is 4.74 Å². The fourth-order valence-corrected chi connectivity index (χ4v) is 3.35. The molecule has 5 nitrogen and oxygen atoms in total. The second kappa shape index (κ2) is 6.61. The summed E-state index contributed by atoms with van der Waals surface area (Å²) in [5, 5.41) is 4.47. The van der Waals surface area contributed by atoms with Crippen molar-refractivity contribution in [3.05, 3.63) is 60.0 Å². The Morgan fingerprint density at radius 3 is 3.00 bits per heavy atom. The lowest BCUT2D eigenvalue weighted by molar-refractivity contribution is 0.0929. The van der Waals surface area contributed by atoms with Gasteiger partial charge in [0.2, 0.25) is 0 Å². The smallest absolute Gasteiger partial charge is 0.154 e. The van der Waals surface area contributed by atoms with Crippen LogP contribution < -0.4 is 4.90 Å². The van der Waals surface area contributed by atoms with E-state index in [1.54, 1.807) is 0 Å². The van der Waals surface area contributed by atoms with Crippen LogP contribution in [0.3, 0.4) is 0 Å². The minimum atomic E-state index is 0.555. The van der Waals surface area contributed by atoms with Gasteiger partial charge in [-0.2, -0.15) is 5.10 Å². The van der Waals surface area contributed by atoms with Gasteiger partial charge in [0.1, 0.15) is 5.52 Å². The van der Waals surface area contributed by atoms with Gasteiger partial charge in [0.05, 0.1) is 18.9 Å². The average molecular weight is 322 g/mol. The molecule has 1 saturated heterocycles. The van der Waals surface area contributed by atoms with Crippen LogP contribution >= 0.6 is 0 Å². The summed E-state index contributed by atoms with van der Waals surface area (Å²) in [6, 6.07) is 12.4. The molecule has 0 saturated carbocycles. The molecule has 1 fully saturated rings. The third kappa shape index (κ3) is 3.12. The van der Waals surface area contributed by atoms with Gasteiger partial charge in [-0.1, -0.05) is 30.3 Å². The highest BCUT2D eigenvalue weighted by Gasteiger charge is 2.25. The van der Waals surface area contributed by atoms with Crippen molar-refractivity contribution in [2.24, 2.45) is 5.92 Å². The van der Waals surface area contributed by atoms with E-state index in [2.05, 4.69) is 45.3 Å². The van der Waals surface area contributed by atoms with Crippen molar-refractivity contribution in [1.82, 2.24) is 14.6 Å². The summed E-state index contributed by atoms with van der Waals surface area (Å²) in [4.78, 5) is 6.94. The van der Waals surface area contributed by atoms with Gasteiger partial charge in [0, 0.05) is 31.4 Å². The zero-order chi connectivity index (χ0) is 16.4. The van der Waals surface area contributed by atoms with Crippen LogP contribution in [0.4, 0.5) is 5.82 Å². The van der Waals surface area contributed by atoms with Gasteiger partial charge < -0.3 is 9.64 Å². The summed E-state index contributed by atoms with van der Waals surface area (Å²) >= 11 is 0. The summed E-state index contributed by atoms with van der Waals surface area (Å²) in [6.07, 6.45) is 4.88. The molecule has 3 aromatic rings. The number of benzene rings is 1. The Bertz CT molecular complexity index is 815. The predicted octanol–water partition coefficient (Wildman–Crippen LogP) is 3.08. The van der Waals surface area contributed by atoms with E-state index in [-0.39, 0.29) is 0 Å². The van der Waals surface area contributed by atoms with Crippen LogP contribution in [0.25, 0.3) is 5.52 Å². The van der Waals surface area contributed by atoms with Crippen LogP contribution in [-0.2, 0) is 11.3 Å². The van der Waals surface area contributed by atoms with Gasteiger partial charge in [0.15, 0.2) is 5.82 Å². The molecule has 1 aromatic carbocycles. The third-order valence-electron chi connectivity index (χ3n) is 4.54. The van der Waals surface area contributed by atoms with E-state index in [0.29, 0.717) is 12.5 Å². The average Bonchev–Trinajstić information content (AvgIpc) is 3.21. The van der Waals surface area contributed by atoms with E-state index < -0.39 is 0 Å². The highest BCUT2D eigenvalue weighted by Crippen LogP contribution is 2.26. The fourth-order valence-electron chi connectivity index (χ4n) is 3.35. The van der Waals surface area contributed by atoms with Crippen LogP contribution in [0, 0.1) is 12.8 Å². The first-order valence-electron chi connectivity index (χ1n) is 8.47. The summed E-state index contributed by atoms with van der Waals surface area (Å²) < 4.78 is 7.83. The standard InChI is InChI=1S/C19H22N4O/c1-15-11-18-19(20-8-10-23(18)21-15)22-9-7-17(12-22)14-24-13-16-5-3-2-4-6-16/h2-6,8,10-11,17H,7,9,12-14H2,1H3/t17-/m1/s1. The van der Waals surface area contributed by atoms with Crippen LogP contribution in [0.1, 0.15) is 17.7 Å². The lowest BCUT2D eigenvalue weighted by Gasteiger charge is -2.18. The highest BCUT2D eigenvalue weighted by atomic mass is 16.5. The Morgan fingerprint density at radius 1 is 1.25 bits per heavy atom. The number of nitrogens with zero attached hydrogens (tertiary/aromatic N) is 4. The normalized spacial score (nSPS) is 17.7. The molecule has 0 aliphatic carbocycles. The van der Waals surface area contributed by atoms with Crippen molar-refractivity contribution in [3.8, 4) is 0 Å². The maximum Gasteiger partial charge on any atom is 0.154 e. The minimum Gasteiger partial charge on any atom is -0.376 e. The Kier molecular flexibility index (Phi) is 4.17. The van der Waals surface area contributed by atoms with Gasteiger partial charge in [-0.25, -0.2) is 9.50 Å². The molecule has 0 amide bonds. The van der Waals surface area contributed by atoms with E-state index in [0.717, 1.165) is 43.1 Å². The van der Waals surface area contributed by atoms with Gasteiger partial charge in [-0.05, 0) is 25.0 Å². The molecule has 2 aromatic heterocycles.